The van der Waals surface area contributed by atoms with E-state index in [0.29, 0.717) is 11.5 Å². The Kier molecular flexibility index (Phi) is 5.93. The highest BCUT2D eigenvalue weighted by Crippen LogP contribution is 2.10. The molecule has 0 radical (unpaired) electrons. The molecule has 0 heterocycles. The van der Waals surface area contributed by atoms with Gasteiger partial charge in [0.15, 0.2) is 0 Å². The molecule has 0 fully saturated rings. The van der Waals surface area contributed by atoms with Crippen molar-refractivity contribution < 1.29 is 9.18 Å². The molecule has 4 heteroatoms. The van der Waals surface area contributed by atoms with Crippen LogP contribution in [0.1, 0.15) is 12.5 Å². The van der Waals surface area contributed by atoms with Crippen molar-refractivity contribution in [1.29, 1.82) is 0 Å². The Morgan fingerprint density at radius 2 is 2.06 bits per heavy atom. The summed E-state index contributed by atoms with van der Waals surface area (Å²) in [6.45, 7) is 1.70. The fourth-order valence-corrected chi connectivity index (χ4v) is 1.75. The molecule has 1 aromatic carbocycles. The summed E-state index contributed by atoms with van der Waals surface area (Å²) in [5.74, 6) is 0.601. The summed E-state index contributed by atoms with van der Waals surface area (Å²) in [6, 6.07) is 7.75. The lowest BCUT2D eigenvalue weighted by Crippen LogP contribution is -2.14. The van der Waals surface area contributed by atoms with Crippen LogP contribution in [0.4, 0.5) is 10.1 Å². The number of amides is 1. The zero-order valence-corrected chi connectivity index (χ0v) is 10.1. The van der Waals surface area contributed by atoms with E-state index in [9.17, 15) is 9.18 Å². The van der Waals surface area contributed by atoms with Crippen molar-refractivity contribution in [1.82, 2.24) is 0 Å². The van der Waals surface area contributed by atoms with Crippen molar-refractivity contribution in [2.75, 3.05) is 23.5 Å². The highest BCUT2D eigenvalue weighted by atomic mass is 32.2. The monoisotopic (exact) mass is 241 g/mol. The quantitative estimate of drug-likeness (QED) is 0.776. The number of benzene rings is 1. The van der Waals surface area contributed by atoms with Gasteiger partial charge in [0.25, 0.3) is 0 Å². The molecule has 1 aromatic rings. The number of halogens is 1. The average Bonchev–Trinajstić information content (AvgIpc) is 2.30. The van der Waals surface area contributed by atoms with Crippen molar-refractivity contribution >= 4 is 23.4 Å². The van der Waals surface area contributed by atoms with Crippen molar-refractivity contribution in [3.63, 3.8) is 0 Å². The second-order valence-electron chi connectivity index (χ2n) is 3.34. The molecule has 0 saturated heterocycles. The van der Waals surface area contributed by atoms with Gasteiger partial charge in [-0.1, -0.05) is 19.1 Å². The molecule has 0 atom stereocenters. The summed E-state index contributed by atoms with van der Waals surface area (Å²) in [5, 5.41) is 2.77. The normalized spacial score (nSPS) is 10.1. The number of alkyl halides is 1. The van der Waals surface area contributed by atoms with E-state index in [1.807, 2.05) is 24.3 Å². The molecular weight excluding hydrogens is 225 g/mol. The van der Waals surface area contributed by atoms with Crippen LogP contribution in [0.25, 0.3) is 0 Å². The summed E-state index contributed by atoms with van der Waals surface area (Å²) in [4.78, 5) is 11.4. The Hall–Kier alpha value is -1.03. The van der Waals surface area contributed by atoms with Gasteiger partial charge in [0, 0.05) is 11.4 Å². The van der Waals surface area contributed by atoms with Gasteiger partial charge in [-0.25, -0.2) is 0 Å². The van der Waals surface area contributed by atoms with Gasteiger partial charge in [-0.15, -0.1) is 11.8 Å². The summed E-state index contributed by atoms with van der Waals surface area (Å²) in [5.41, 5.74) is 2.04. The van der Waals surface area contributed by atoms with Crippen molar-refractivity contribution in [3.05, 3.63) is 29.8 Å². The molecule has 1 rings (SSSR count). The summed E-state index contributed by atoms with van der Waals surface area (Å²) < 4.78 is 11.8. The Bertz CT molecular complexity index is 326. The Labute approximate surface area is 99.6 Å². The SMILES string of the molecule is CCc1ccc(NC(=O)CSCCF)cc1. The molecule has 0 aromatic heterocycles. The minimum absolute atomic E-state index is 0.0808. The van der Waals surface area contributed by atoms with E-state index in [2.05, 4.69) is 12.2 Å². The number of rotatable bonds is 6. The van der Waals surface area contributed by atoms with Gasteiger partial charge in [-0.2, -0.15) is 0 Å². The Morgan fingerprint density at radius 1 is 1.38 bits per heavy atom. The minimum atomic E-state index is -0.386. The van der Waals surface area contributed by atoms with E-state index >= 15 is 0 Å². The van der Waals surface area contributed by atoms with Gasteiger partial charge < -0.3 is 5.32 Å². The van der Waals surface area contributed by atoms with E-state index in [4.69, 9.17) is 0 Å². The van der Waals surface area contributed by atoms with Gasteiger partial charge in [0.05, 0.1) is 12.4 Å². The lowest BCUT2D eigenvalue weighted by molar-refractivity contribution is -0.113. The molecule has 0 saturated carbocycles. The molecular formula is C12H16FNOS. The number of carbonyl (C=O) groups excluding carboxylic acids is 1. The van der Waals surface area contributed by atoms with E-state index in [1.165, 1.54) is 17.3 Å². The molecule has 1 amide bonds. The van der Waals surface area contributed by atoms with Crippen molar-refractivity contribution in [2.45, 2.75) is 13.3 Å². The molecule has 0 aliphatic carbocycles. The average molecular weight is 241 g/mol. The van der Waals surface area contributed by atoms with Crippen LogP contribution in [0.3, 0.4) is 0 Å². The summed E-state index contributed by atoms with van der Waals surface area (Å²) in [6.07, 6.45) is 0.987. The first-order valence-corrected chi connectivity index (χ1v) is 6.44. The van der Waals surface area contributed by atoms with E-state index in [0.717, 1.165) is 12.1 Å². The third kappa shape index (κ3) is 4.66. The number of thioether (sulfide) groups is 1. The van der Waals surface area contributed by atoms with Crippen LogP contribution in [0.5, 0.6) is 0 Å². The molecule has 16 heavy (non-hydrogen) atoms. The maximum Gasteiger partial charge on any atom is 0.234 e. The number of hydrogen-bond acceptors (Lipinski definition) is 2. The van der Waals surface area contributed by atoms with Crippen LogP contribution in [-0.4, -0.2) is 24.1 Å². The molecule has 88 valence electrons. The number of hydrogen-bond donors (Lipinski definition) is 1. The van der Waals surface area contributed by atoms with Gasteiger partial charge in [-0.05, 0) is 24.1 Å². The maximum atomic E-state index is 11.8. The van der Waals surface area contributed by atoms with Crippen LogP contribution >= 0.6 is 11.8 Å². The number of aryl methyl sites for hydroxylation is 1. The third-order valence-electron chi connectivity index (χ3n) is 2.10. The van der Waals surface area contributed by atoms with Crippen molar-refractivity contribution in [3.8, 4) is 0 Å². The second-order valence-corrected chi connectivity index (χ2v) is 4.45. The molecule has 0 bridgehead atoms. The van der Waals surface area contributed by atoms with E-state index < -0.39 is 0 Å². The lowest BCUT2D eigenvalue weighted by atomic mass is 10.1. The molecule has 1 N–H and O–H groups in total. The largest absolute Gasteiger partial charge is 0.325 e. The predicted octanol–water partition coefficient (Wildman–Crippen LogP) is 2.89. The Morgan fingerprint density at radius 3 is 2.62 bits per heavy atom. The molecule has 2 nitrogen and oxygen atoms in total. The number of anilines is 1. The van der Waals surface area contributed by atoms with Crippen LogP contribution < -0.4 is 5.32 Å². The Balaban J connectivity index is 2.37. The molecule has 0 aliphatic heterocycles. The molecule has 0 aliphatic rings. The summed E-state index contributed by atoms with van der Waals surface area (Å²) in [7, 11) is 0. The molecule has 0 spiro atoms. The van der Waals surface area contributed by atoms with Gasteiger partial charge in [0.1, 0.15) is 0 Å². The first-order valence-electron chi connectivity index (χ1n) is 5.28. The highest BCUT2D eigenvalue weighted by Gasteiger charge is 2.02. The third-order valence-corrected chi connectivity index (χ3v) is 3.01. The number of carbonyl (C=O) groups is 1. The second kappa shape index (κ2) is 7.28. The fraction of sp³-hybridized carbons (Fsp3) is 0.417. The zero-order valence-electron chi connectivity index (χ0n) is 9.33. The lowest BCUT2D eigenvalue weighted by Gasteiger charge is -2.05. The van der Waals surface area contributed by atoms with Gasteiger partial charge >= 0.3 is 0 Å². The van der Waals surface area contributed by atoms with E-state index in [1.54, 1.807) is 0 Å². The number of nitrogens with one attached hydrogen (secondary N) is 1. The van der Waals surface area contributed by atoms with Gasteiger partial charge in [-0.3, -0.25) is 9.18 Å². The van der Waals surface area contributed by atoms with Gasteiger partial charge in [0.2, 0.25) is 5.91 Å². The zero-order chi connectivity index (χ0) is 11.8. The van der Waals surface area contributed by atoms with Crippen LogP contribution in [0.2, 0.25) is 0 Å². The standard InChI is InChI=1S/C12H16FNOS/c1-2-10-3-5-11(6-4-10)14-12(15)9-16-8-7-13/h3-6H,2,7-9H2,1H3,(H,14,15). The highest BCUT2D eigenvalue weighted by molar-refractivity contribution is 7.99. The van der Waals surface area contributed by atoms with Crippen LogP contribution in [0.15, 0.2) is 24.3 Å². The fourth-order valence-electron chi connectivity index (χ4n) is 1.24. The predicted molar refractivity (Wildman–Crippen MR) is 67.7 cm³/mol. The topological polar surface area (TPSA) is 29.1 Å². The van der Waals surface area contributed by atoms with E-state index in [-0.39, 0.29) is 12.6 Å². The van der Waals surface area contributed by atoms with Crippen LogP contribution in [-0.2, 0) is 11.2 Å². The van der Waals surface area contributed by atoms with Crippen molar-refractivity contribution in [2.24, 2.45) is 0 Å². The van der Waals surface area contributed by atoms with Crippen LogP contribution in [0, 0.1) is 0 Å². The maximum absolute atomic E-state index is 11.8. The minimum Gasteiger partial charge on any atom is -0.325 e. The molecule has 0 unspecified atom stereocenters. The summed E-state index contributed by atoms with van der Waals surface area (Å²) >= 11 is 1.30. The smallest absolute Gasteiger partial charge is 0.234 e. The first-order chi connectivity index (χ1) is 7.76. The first kappa shape index (κ1) is 13.0.